The van der Waals surface area contributed by atoms with Crippen LogP contribution in [0.1, 0.15) is 44.0 Å². The van der Waals surface area contributed by atoms with E-state index in [2.05, 4.69) is 56.2 Å². The van der Waals surface area contributed by atoms with Crippen molar-refractivity contribution in [3.63, 3.8) is 0 Å². The molecule has 1 amide bonds. The lowest BCUT2D eigenvalue weighted by atomic mass is 9.92. The molecule has 3 nitrogen and oxygen atoms in total. The van der Waals surface area contributed by atoms with Crippen LogP contribution in [0.5, 0.6) is 0 Å². The highest BCUT2D eigenvalue weighted by Crippen LogP contribution is 2.31. The monoisotopic (exact) mass is 284 g/mol. The van der Waals surface area contributed by atoms with Crippen LogP contribution in [0.3, 0.4) is 0 Å². The average molecular weight is 284 g/mol. The van der Waals surface area contributed by atoms with Crippen LogP contribution in [0.2, 0.25) is 0 Å². The highest BCUT2D eigenvalue weighted by atomic mass is 16.1. The molecule has 1 aromatic heterocycles. The van der Waals surface area contributed by atoms with Gasteiger partial charge >= 0.3 is 0 Å². The fourth-order valence-corrected chi connectivity index (χ4v) is 3.25. The van der Waals surface area contributed by atoms with Crippen molar-refractivity contribution in [2.45, 2.75) is 53.0 Å². The Hall–Kier alpha value is -1.77. The van der Waals surface area contributed by atoms with Crippen LogP contribution in [0.15, 0.2) is 18.2 Å². The van der Waals surface area contributed by atoms with Gasteiger partial charge in [-0.1, -0.05) is 32.4 Å². The number of aromatic nitrogens is 1. The minimum atomic E-state index is 0.0425. The molecule has 1 aliphatic rings. The number of nitrogens with one attached hydrogen (secondary N) is 2. The van der Waals surface area contributed by atoms with Gasteiger partial charge in [-0.2, -0.15) is 0 Å². The fourth-order valence-electron chi connectivity index (χ4n) is 3.25. The van der Waals surface area contributed by atoms with Crippen molar-refractivity contribution in [2.75, 3.05) is 0 Å². The summed E-state index contributed by atoms with van der Waals surface area (Å²) in [6, 6.07) is 6.77. The maximum atomic E-state index is 12.1. The van der Waals surface area contributed by atoms with Crippen molar-refractivity contribution < 1.29 is 4.79 Å². The van der Waals surface area contributed by atoms with Crippen molar-refractivity contribution in [2.24, 2.45) is 5.41 Å². The number of rotatable bonds is 2. The summed E-state index contributed by atoms with van der Waals surface area (Å²) in [7, 11) is 0. The molecule has 112 valence electrons. The first-order valence-electron chi connectivity index (χ1n) is 7.71. The van der Waals surface area contributed by atoms with Gasteiger partial charge in [0.1, 0.15) is 0 Å². The SMILES string of the molecule is Cc1ccc2[nH]c3c(c2c1)CC(NC(=O)CC(C)(C)C)C3. The minimum Gasteiger partial charge on any atom is -0.358 e. The summed E-state index contributed by atoms with van der Waals surface area (Å²) in [5.41, 5.74) is 5.21. The van der Waals surface area contributed by atoms with Crippen molar-refractivity contribution in [1.29, 1.82) is 0 Å². The Kier molecular flexibility index (Phi) is 3.31. The van der Waals surface area contributed by atoms with Crippen molar-refractivity contribution in [1.82, 2.24) is 10.3 Å². The minimum absolute atomic E-state index is 0.0425. The summed E-state index contributed by atoms with van der Waals surface area (Å²) in [4.78, 5) is 15.6. The van der Waals surface area contributed by atoms with Crippen molar-refractivity contribution >= 4 is 16.8 Å². The van der Waals surface area contributed by atoms with Gasteiger partial charge in [0.15, 0.2) is 0 Å². The first-order valence-corrected chi connectivity index (χ1v) is 7.71. The molecule has 0 bridgehead atoms. The molecule has 1 aromatic carbocycles. The van der Waals surface area contributed by atoms with Gasteiger partial charge in [0.05, 0.1) is 0 Å². The molecular weight excluding hydrogens is 260 g/mol. The molecule has 0 radical (unpaired) electrons. The van der Waals surface area contributed by atoms with E-state index in [1.54, 1.807) is 0 Å². The molecule has 1 atom stereocenters. The molecule has 0 saturated heterocycles. The number of hydrogen-bond donors (Lipinski definition) is 2. The molecule has 0 fully saturated rings. The van der Waals surface area contributed by atoms with Gasteiger partial charge in [0.25, 0.3) is 0 Å². The molecule has 1 heterocycles. The molecule has 0 aliphatic heterocycles. The van der Waals surface area contributed by atoms with Gasteiger partial charge in [0.2, 0.25) is 5.91 Å². The van der Waals surface area contributed by atoms with Crippen LogP contribution in [-0.2, 0) is 17.6 Å². The quantitative estimate of drug-likeness (QED) is 0.871. The lowest BCUT2D eigenvalue weighted by Gasteiger charge is -2.19. The Morgan fingerprint density at radius 1 is 1.33 bits per heavy atom. The summed E-state index contributed by atoms with van der Waals surface area (Å²) in [5, 5.41) is 4.51. The van der Waals surface area contributed by atoms with E-state index < -0.39 is 0 Å². The largest absolute Gasteiger partial charge is 0.358 e. The van der Waals surface area contributed by atoms with Crippen LogP contribution in [-0.4, -0.2) is 16.9 Å². The van der Waals surface area contributed by atoms with Crippen LogP contribution in [0, 0.1) is 12.3 Å². The Balaban J connectivity index is 1.73. The van der Waals surface area contributed by atoms with Gasteiger partial charge < -0.3 is 10.3 Å². The number of aryl methyl sites for hydroxylation is 1. The normalized spacial score (nSPS) is 18.0. The van der Waals surface area contributed by atoms with Crippen molar-refractivity contribution in [3.8, 4) is 0 Å². The molecule has 3 rings (SSSR count). The summed E-state index contributed by atoms with van der Waals surface area (Å²) >= 11 is 0. The predicted octanol–water partition coefficient (Wildman–Crippen LogP) is 3.50. The van der Waals surface area contributed by atoms with E-state index in [0.29, 0.717) is 6.42 Å². The van der Waals surface area contributed by atoms with E-state index in [1.165, 1.54) is 27.7 Å². The average Bonchev–Trinajstić information content (AvgIpc) is 2.84. The fraction of sp³-hybridized carbons (Fsp3) is 0.500. The number of amides is 1. The topological polar surface area (TPSA) is 44.9 Å². The molecule has 0 saturated carbocycles. The molecule has 21 heavy (non-hydrogen) atoms. The van der Waals surface area contributed by atoms with Gasteiger partial charge in [0, 0.05) is 35.5 Å². The van der Waals surface area contributed by atoms with Crippen LogP contribution >= 0.6 is 0 Å². The number of benzene rings is 1. The molecule has 1 aliphatic carbocycles. The number of hydrogen-bond acceptors (Lipinski definition) is 1. The molecule has 2 aromatic rings. The Labute approximate surface area is 126 Å². The molecular formula is C18H24N2O. The third kappa shape index (κ3) is 2.97. The summed E-state index contributed by atoms with van der Waals surface area (Å²) in [5.74, 6) is 0.165. The predicted molar refractivity (Wildman–Crippen MR) is 86.4 cm³/mol. The third-order valence-electron chi connectivity index (χ3n) is 4.11. The second-order valence-corrected chi connectivity index (χ2v) is 7.54. The van der Waals surface area contributed by atoms with Gasteiger partial charge in [-0.15, -0.1) is 0 Å². The number of H-pyrrole nitrogens is 1. The highest BCUT2D eigenvalue weighted by Gasteiger charge is 2.27. The Bertz CT molecular complexity index is 691. The summed E-state index contributed by atoms with van der Waals surface area (Å²) < 4.78 is 0. The lowest BCUT2D eigenvalue weighted by molar-refractivity contribution is -0.123. The number of fused-ring (bicyclic) bond motifs is 3. The second kappa shape index (κ2) is 4.90. The van der Waals surface area contributed by atoms with Crippen molar-refractivity contribution in [3.05, 3.63) is 35.0 Å². The maximum Gasteiger partial charge on any atom is 0.220 e. The maximum absolute atomic E-state index is 12.1. The highest BCUT2D eigenvalue weighted by molar-refractivity contribution is 5.86. The standard InChI is InChI=1S/C18H24N2O/c1-11-5-6-15-13(7-11)14-8-12(9-16(14)20-15)19-17(21)10-18(2,3)4/h5-7,12,20H,8-10H2,1-4H3,(H,19,21). The van der Waals surface area contributed by atoms with Crippen LogP contribution in [0.4, 0.5) is 0 Å². The molecule has 3 heteroatoms. The first-order chi connectivity index (χ1) is 9.82. The zero-order chi connectivity index (χ0) is 15.2. The number of carbonyl (C=O) groups excluding carboxylic acids is 1. The Morgan fingerprint density at radius 3 is 2.81 bits per heavy atom. The molecule has 2 N–H and O–H groups in total. The zero-order valence-corrected chi connectivity index (χ0v) is 13.3. The number of carbonyl (C=O) groups is 1. The van der Waals surface area contributed by atoms with E-state index >= 15 is 0 Å². The smallest absolute Gasteiger partial charge is 0.220 e. The first kappa shape index (κ1) is 14.2. The van der Waals surface area contributed by atoms with Gasteiger partial charge in [-0.25, -0.2) is 0 Å². The van der Waals surface area contributed by atoms with Crippen LogP contribution < -0.4 is 5.32 Å². The van der Waals surface area contributed by atoms with E-state index in [9.17, 15) is 4.79 Å². The lowest BCUT2D eigenvalue weighted by Crippen LogP contribution is -2.37. The second-order valence-electron chi connectivity index (χ2n) is 7.54. The number of aromatic amines is 1. The molecule has 1 unspecified atom stereocenters. The van der Waals surface area contributed by atoms with Gasteiger partial charge in [-0.05, 0) is 36.5 Å². The molecule has 0 spiro atoms. The summed E-state index contributed by atoms with van der Waals surface area (Å²) in [6.45, 7) is 8.41. The van der Waals surface area contributed by atoms with E-state index in [0.717, 1.165) is 12.8 Å². The van der Waals surface area contributed by atoms with E-state index in [-0.39, 0.29) is 17.4 Å². The van der Waals surface area contributed by atoms with Crippen LogP contribution in [0.25, 0.3) is 10.9 Å². The zero-order valence-electron chi connectivity index (χ0n) is 13.3. The van der Waals surface area contributed by atoms with E-state index in [1.807, 2.05) is 0 Å². The third-order valence-corrected chi connectivity index (χ3v) is 4.11. The van der Waals surface area contributed by atoms with Gasteiger partial charge in [-0.3, -0.25) is 4.79 Å². The Morgan fingerprint density at radius 2 is 2.10 bits per heavy atom. The van der Waals surface area contributed by atoms with E-state index in [4.69, 9.17) is 0 Å². The summed E-state index contributed by atoms with van der Waals surface area (Å²) in [6.07, 6.45) is 2.44.